The smallest absolute Gasteiger partial charge is 0.407 e. The summed E-state index contributed by atoms with van der Waals surface area (Å²) in [5, 5.41) is 12.0. The Kier molecular flexibility index (Phi) is 5.32. The molecule has 2 N–H and O–H groups in total. The van der Waals surface area contributed by atoms with Crippen LogP contribution < -0.4 is 15.6 Å². The monoisotopic (exact) mass is 509 g/mol. The van der Waals surface area contributed by atoms with Gasteiger partial charge in [0, 0.05) is 31.1 Å². The number of hydrogen-bond donors (Lipinski definition) is 2. The van der Waals surface area contributed by atoms with E-state index < -0.39 is 46.7 Å². The van der Waals surface area contributed by atoms with Crippen molar-refractivity contribution in [3.8, 4) is 0 Å². The minimum Gasteiger partial charge on any atom is -0.477 e. The molecule has 1 aromatic carbocycles. The number of alkyl halides is 1. The quantitative estimate of drug-likeness (QED) is 0.638. The summed E-state index contributed by atoms with van der Waals surface area (Å²) in [6.45, 7) is 6.00. The molecule has 188 valence electrons. The number of fused-ring (bicyclic) bond motifs is 1. The van der Waals surface area contributed by atoms with Crippen LogP contribution in [0, 0.1) is 11.2 Å². The van der Waals surface area contributed by atoms with Crippen LogP contribution in [0.3, 0.4) is 0 Å². The first-order chi connectivity index (χ1) is 16.3. The number of carboxylic acid groups (broad SMARTS) is 1. The van der Waals surface area contributed by atoms with E-state index in [1.165, 1.54) is 4.57 Å². The molecule has 2 saturated carbocycles. The number of alkyl carbamates (subject to hydrolysis) is 1. The maximum Gasteiger partial charge on any atom is 0.407 e. The number of aromatic carboxylic acids is 1. The first-order valence-corrected chi connectivity index (χ1v) is 11.9. The number of nitrogens with zero attached hydrogens (tertiary/aromatic N) is 2. The van der Waals surface area contributed by atoms with Crippen LogP contribution in [-0.2, 0) is 4.74 Å². The van der Waals surface area contributed by atoms with E-state index >= 15 is 4.39 Å². The largest absolute Gasteiger partial charge is 0.477 e. The van der Waals surface area contributed by atoms with Gasteiger partial charge in [0.05, 0.1) is 33.7 Å². The van der Waals surface area contributed by atoms with E-state index in [1.807, 2.05) is 0 Å². The van der Waals surface area contributed by atoms with Gasteiger partial charge in [0.1, 0.15) is 23.2 Å². The van der Waals surface area contributed by atoms with E-state index in [0.717, 1.165) is 25.1 Å². The Labute approximate surface area is 204 Å². The second-order valence-electron chi connectivity index (χ2n) is 10.8. The number of hydrogen-bond acceptors (Lipinski definition) is 5. The van der Waals surface area contributed by atoms with Gasteiger partial charge in [0.2, 0.25) is 5.43 Å². The second kappa shape index (κ2) is 7.81. The van der Waals surface area contributed by atoms with Crippen LogP contribution in [0.25, 0.3) is 10.9 Å². The van der Waals surface area contributed by atoms with Crippen LogP contribution in [0.15, 0.2) is 17.1 Å². The maximum absolute atomic E-state index is 15.4. The maximum atomic E-state index is 15.4. The Balaban J connectivity index is 1.55. The van der Waals surface area contributed by atoms with Gasteiger partial charge in [-0.25, -0.2) is 18.4 Å². The molecule has 8 nitrogen and oxygen atoms in total. The molecule has 0 bridgehead atoms. The third kappa shape index (κ3) is 4.11. The predicted molar refractivity (Wildman–Crippen MR) is 126 cm³/mol. The molecule has 2 aliphatic carbocycles. The molecule has 2 heterocycles. The van der Waals surface area contributed by atoms with Crippen molar-refractivity contribution in [3.05, 3.63) is 38.9 Å². The van der Waals surface area contributed by atoms with E-state index in [4.69, 9.17) is 16.3 Å². The lowest BCUT2D eigenvalue weighted by Gasteiger charge is -2.24. The number of nitrogens with one attached hydrogen (secondary N) is 1. The molecule has 1 saturated heterocycles. The number of benzene rings is 1. The molecule has 1 aliphatic heterocycles. The second-order valence-corrected chi connectivity index (χ2v) is 11.1. The van der Waals surface area contributed by atoms with Crippen molar-refractivity contribution in [1.82, 2.24) is 9.88 Å². The molecular weight excluding hydrogens is 484 g/mol. The van der Waals surface area contributed by atoms with Crippen molar-refractivity contribution >= 4 is 40.3 Å². The van der Waals surface area contributed by atoms with Crippen molar-refractivity contribution in [2.45, 2.75) is 63.9 Å². The standard InChI is InChI=1S/C24H26ClF2N3O5/c1-23(2,3)35-22(34)28-16-9-29(10-24(16)4-5-24)19-14(27)6-11-18(17(19)25)30(15-7-13(15)26)8-12(20(11)31)21(32)33/h6,8,13,15-16H,4-5,7,9-10H2,1-3H3,(H,28,34)(H,32,33)/t13-,15+,16+/m1/s1. The molecule has 11 heteroatoms. The SMILES string of the molecule is CC(C)(C)OC(=O)N[C@H]1CN(c2c(F)cc3c(=O)c(C(=O)O)cn([C@H]4C[C@H]4F)c3c2Cl)CC12CC2. The van der Waals surface area contributed by atoms with Crippen LogP contribution in [0.1, 0.15) is 56.4 Å². The number of anilines is 1. The van der Waals surface area contributed by atoms with Gasteiger partial charge in [-0.2, -0.15) is 0 Å². The number of carboxylic acids is 1. The van der Waals surface area contributed by atoms with Crippen molar-refractivity contribution in [1.29, 1.82) is 0 Å². The van der Waals surface area contributed by atoms with Gasteiger partial charge in [-0.15, -0.1) is 0 Å². The molecule has 2 aromatic rings. The minimum atomic E-state index is -1.48. The highest BCUT2D eigenvalue weighted by Crippen LogP contribution is 2.55. The van der Waals surface area contributed by atoms with Crippen LogP contribution in [0.4, 0.5) is 19.3 Å². The Morgan fingerprint density at radius 1 is 1.31 bits per heavy atom. The van der Waals surface area contributed by atoms with Crippen LogP contribution in [0.5, 0.6) is 0 Å². The van der Waals surface area contributed by atoms with E-state index in [2.05, 4.69) is 5.32 Å². The van der Waals surface area contributed by atoms with Gasteiger partial charge in [-0.3, -0.25) is 4.79 Å². The third-order valence-corrected chi connectivity index (χ3v) is 7.36. The molecule has 5 rings (SSSR count). The summed E-state index contributed by atoms with van der Waals surface area (Å²) in [5.74, 6) is -2.26. The summed E-state index contributed by atoms with van der Waals surface area (Å²) in [6.07, 6.45) is 1.15. The minimum absolute atomic E-state index is 0.0474. The van der Waals surface area contributed by atoms with Crippen molar-refractivity contribution in [3.63, 3.8) is 0 Å². The number of amides is 1. The van der Waals surface area contributed by atoms with Crippen LogP contribution in [0.2, 0.25) is 5.02 Å². The fourth-order valence-corrected chi connectivity index (χ4v) is 5.44. The summed E-state index contributed by atoms with van der Waals surface area (Å²) >= 11 is 6.69. The number of aromatic nitrogens is 1. The van der Waals surface area contributed by atoms with Crippen molar-refractivity contribution < 1.29 is 28.2 Å². The third-order valence-electron chi connectivity index (χ3n) is 7.00. The zero-order valence-electron chi connectivity index (χ0n) is 19.5. The number of ether oxygens (including phenoxy) is 1. The van der Waals surface area contributed by atoms with Gasteiger partial charge >= 0.3 is 12.1 Å². The van der Waals surface area contributed by atoms with Gasteiger partial charge < -0.3 is 24.6 Å². The fourth-order valence-electron chi connectivity index (χ4n) is 5.03. The summed E-state index contributed by atoms with van der Waals surface area (Å²) in [7, 11) is 0. The van der Waals surface area contributed by atoms with Gasteiger partial charge in [0.15, 0.2) is 0 Å². The van der Waals surface area contributed by atoms with Gasteiger partial charge in [0.25, 0.3) is 0 Å². The van der Waals surface area contributed by atoms with Crippen LogP contribution >= 0.6 is 11.6 Å². The molecule has 3 fully saturated rings. The van der Waals surface area contributed by atoms with E-state index in [1.54, 1.807) is 25.7 Å². The number of pyridine rings is 1. The highest BCUT2D eigenvalue weighted by Gasteiger charge is 2.56. The normalized spacial score (nSPS) is 24.6. The van der Waals surface area contributed by atoms with Crippen LogP contribution in [-0.4, -0.2) is 52.6 Å². The lowest BCUT2D eigenvalue weighted by Crippen LogP contribution is -2.44. The zero-order chi connectivity index (χ0) is 25.4. The topological polar surface area (TPSA) is 101 Å². The predicted octanol–water partition coefficient (Wildman–Crippen LogP) is 4.27. The Hall–Kier alpha value is -2.88. The molecule has 35 heavy (non-hydrogen) atoms. The Morgan fingerprint density at radius 2 is 1.97 bits per heavy atom. The molecule has 0 unspecified atom stereocenters. The first kappa shape index (κ1) is 23.8. The molecule has 1 spiro atoms. The summed E-state index contributed by atoms with van der Waals surface area (Å²) in [6, 6.07) is 0.00623. The molecule has 3 aliphatic rings. The molecular formula is C24H26ClF2N3O5. The number of halogens is 3. The van der Waals surface area contributed by atoms with Crippen molar-refractivity contribution in [2.24, 2.45) is 5.41 Å². The number of rotatable bonds is 4. The van der Waals surface area contributed by atoms with E-state index in [0.29, 0.717) is 6.54 Å². The summed E-state index contributed by atoms with van der Waals surface area (Å²) in [5.41, 5.74) is -2.20. The zero-order valence-corrected chi connectivity index (χ0v) is 20.3. The lowest BCUT2D eigenvalue weighted by atomic mass is 10.0. The highest BCUT2D eigenvalue weighted by molar-refractivity contribution is 6.38. The van der Waals surface area contributed by atoms with Gasteiger partial charge in [-0.1, -0.05) is 11.6 Å². The van der Waals surface area contributed by atoms with Crippen molar-refractivity contribution in [2.75, 3.05) is 18.0 Å². The highest BCUT2D eigenvalue weighted by atomic mass is 35.5. The molecule has 1 aromatic heterocycles. The lowest BCUT2D eigenvalue weighted by molar-refractivity contribution is 0.0493. The Morgan fingerprint density at radius 3 is 2.51 bits per heavy atom. The number of carbonyl (C=O) groups is 2. The molecule has 1 amide bonds. The number of carbonyl (C=O) groups excluding carboxylic acids is 1. The summed E-state index contributed by atoms with van der Waals surface area (Å²) in [4.78, 5) is 38.5. The average Bonchev–Trinajstić information content (AvgIpc) is 3.62. The molecule has 0 radical (unpaired) electrons. The average molecular weight is 510 g/mol. The van der Waals surface area contributed by atoms with Gasteiger partial charge in [-0.05, 0) is 39.7 Å². The Bertz CT molecular complexity index is 1320. The van der Waals surface area contributed by atoms with E-state index in [-0.39, 0.29) is 46.0 Å². The summed E-state index contributed by atoms with van der Waals surface area (Å²) < 4.78 is 36.2. The van der Waals surface area contributed by atoms with E-state index in [9.17, 15) is 23.9 Å². The first-order valence-electron chi connectivity index (χ1n) is 11.5. The fraction of sp³-hybridized carbons (Fsp3) is 0.542. The molecule has 3 atom stereocenters.